The van der Waals surface area contributed by atoms with Crippen molar-refractivity contribution in [1.82, 2.24) is 14.6 Å². The molecule has 0 aliphatic rings. The number of aromatic nitrogens is 3. The molecule has 0 spiro atoms. The molecule has 1 aromatic carbocycles. The Labute approximate surface area is 141 Å². The Hall–Kier alpha value is -1.63. The van der Waals surface area contributed by atoms with Gasteiger partial charge in [-0.15, -0.1) is 0 Å². The molecule has 0 amide bonds. The number of halogens is 2. The van der Waals surface area contributed by atoms with Crippen LogP contribution >= 0.6 is 27.5 Å². The minimum absolute atomic E-state index is 0.140. The molecule has 0 saturated heterocycles. The Morgan fingerprint density at radius 1 is 1.32 bits per heavy atom. The van der Waals surface area contributed by atoms with Crippen LogP contribution in [-0.2, 0) is 0 Å². The number of nitrogens with one attached hydrogen (secondary N) is 1. The second kappa shape index (κ2) is 6.64. The van der Waals surface area contributed by atoms with Gasteiger partial charge < -0.3 is 10.4 Å². The van der Waals surface area contributed by atoms with Gasteiger partial charge in [-0.1, -0.05) is 29.8 Å². The number of nitrogens with zero attached hydrogens (tertiary/aromatic N) is 3. The van der Waals surface area contributed by atoms with E-state index in [0.717, 1.165) is 21.5 Å². The van der Waals surface area contributed by atoms with Crippen molar-refractivity contribution in [2.45, 2.75) is 6.42 Å². The lowest BCUT2D eigenvalue weighted by Gasteiger charge is -2.11. The lowest BCUT2D eigenvalue weighted by atomic mass is 10.1. The van der Waals surface area contributed by atoms with Crippen LogP contribution in [0.1, 0.15) is 6.42 Å². The molecule has 2 heterocycles. The number of rotatable bonds is 5. The van der Waals surface area contributed by atoms with Gasteiger partial charge in [0.25, 0.3) is 0 Å². The molecular weight excluding hydrogens is 368 g/mol. The van der Waals surface area contributed by atoms with E-state index in [2.05, 4.69) is 31.3 Å². The largest absolute Gasteiger partial charge is 0.396 e. The summed E-state index contributed by atoms with van der Waals surface area (Å²) in [6.45, 7) is 0.788. The number of fused-ring (bicyclic) bond motifs is 1. The third-order valence-corrected chi connectivity index (χ3v) is 4.11. The van der Waals surface area contributed by atoms with E-state index in [9.17, 15) is 0 Å². The van der Waals surface area contributed by atoms with E-state index >= 15 is 0 Å². The Morgan fingerprint density at radius 3 is 2.91 bits per heavy atom. The molecule has 5 nitrogen and oxygen atoms in total. The summed E-state index contributed by atoms with van der Waals surface area (Å²) in [5, 5.41) is 17.2. The van der Waals surface area contributed by atoms with Gasteiger partial charge in [0.2, 0.25) is 0 Å². The van der Waals surface area contributed by atoms with Crippen molar-refractivity contribution < 1.29 is 5.11 Å². The third kappa shape index (κ3) is 2.95. The highest BCUT2D eigenvalue weighted by atomic mass is 79.9. The van der Waals surface area contributed by atoms with Crippen LogP contribution in [0.15, 0.2) is 41.0 Å². The maximum atomic E-state index is 8.93. The zero-order valence-electron chi connectivity index (χ0n) is 11.6. The lowest BCUT2D eigenvalue weighted by molar-refractivity contribution is 0.292. The lowest BCUT2D eigenvalue weighted by Crippen LogP contribution is -2.09. The van der Waals surface area contributed by atoms with Crippen LogP contribution in [0.25, 0.3) is 16.9 Å². The highest BCUT2D eigenvalue weighted by Crippen LogP contribution is 2.30. The minimum atomic E-state index is 0.140. The van der Waals surface area contributed by atoms with Crippen LogP contribution in [0.5, 0.6) is 0 Å². The van der Waals surface area contributed by atoms with Gasteiger partial charge in [0, 0.05) is 29.8 Å². The van der Waals surface area contributed by atoms with Crippen molar-refractivity contribution in [3.05, 3.63) is 46.0 Å². The van der Waals surface area contributed by atoms with E-state index in [4.69, 9.17) is 16.7 Å². The molecule has 0 atom stereocenters. The number of benzene rings is 1. The third-order valence-electron chi connectivity index (χ3n) is 3.22. The van der Waals surface area contributed by atoms with Crippen LogP contribution in [0.4, 0.5) is 5.82 Å². The average Bonchev–Trinajstić information content (AvgIpc) is 2.90. The quantitative estimate of drug-likeness (QED) is 0.663. The van der Waals surface area contributed by atoms with Crippen molar-refractivity contribution in [3.8, 4) is 11.3 Å². The smallest absolute Gasteiger partial charge is 0.172 e. The van der Waals surface area contributed by atoms with Crippen molar-refractivity contribution in [3.63, 3.8) is 0 Å². The molecule has 114 valence electrons. The highest BCUT2D eigenvalue weighted by molar-refractivity contribution is 9.10. The maximum absolute atomic E-state index is 8.93. The van der Waals surface area contributed by atoms with E-state index in [-0.39, 0.29) is 6.61 Å². The Morgan fingerprint density at radius 2 is 2.14 bits per heavy atom. The van der Waals surface area contributed by atoms with Crippen molar-refractivity contribution >= 4 is 39.0 Å². The molecule has 0 bridgehead atoms. The summed E-state index contributed by atoms with van der Waals surface area (Å²) in [6.07, 6.45) is 2.36. The standard InChI is InChI=1S/C15H14BrClN4O/c16-11-9-19-21-14(18-6-3-7-22)8-13(20-15(11)21)10-4-1-2-5-12(10)17/h1-2,4-5,8-9,18,22H,3,6-7H2. The van der Waals surface area contributed by atoms with Gasteiger partial charge in [-0.2, -0.15) is 9.61 Å². The van der Waals surface area contributed by atoms with Gasteiger partial charge in [0.15, 0.2) is 5.65 Å². The molecule has 7 heteroatoms. The molecule has 0 saturated carbocycles. The van der Waals surface area contributed by atoms with Gasteiger partial charge in [-0.25, -0.2) is 4.98 Å². The van der Waals surface area contributed by atoms with Crippen molar-refractivity contribution in [2.24, 2.45) is 0 Å². The van der Waals surface area contributed by atoms with Gasteiger partial charge in [-0.05, 0) is 28.4 Å². The van der Waals surface area contributed by atoms with Crippen LogP contribution in [0, 0.1) is 0 Å². The predicted molar refractivity (Wildman–Crippen MR) is 91.3 cm³/mol. The molecular formula is C15H14BrClN4O. The van der Waals surface area contributed by atoms with Crippen LogP contribution < -0.4 is 5.32 Å². The predicted octanol–water partition coefficient (Wildman–Crippen LogP) is 3.61. The van der Waals surface area contributed by atoms with Gasteiger partial charge in [-0.3, -0.25) is 0 Å². The summed E-state index contributed by atoms with van der Waals surface area (Å²) < 4.78 is 2.54. The van der Waals surface area contributed by atoms with E-state index in [0.29, 0.717) is 23.6 Å². The molecule has 3 aromatic rings. The molecule has 0 fully saturated rings. The first kappa shape index (κ1) is 15.3. The topological polar surface area (TPSA) is 62.5 Å². The van der Waals surface area contributed by atoms with E-state index in [1.165, 1.54) is 0 Å². The van der Waals surface area contributed by atoms with Gasteiger partial charge in [0.05, 0.1) is 16.4 Å². The van der Waals surface area contributed by atoms with Crippen molar-refractivity contribution in [1.29, 1.82) is 0 Å². The zero-order valence-corrected chi connectivity index (χ0v) is 14.0. The van der Waals surface area contributed by atoms with Crippen LogP contribution in [-0.4, -0.2) is 32.9 Å². The Bertz CT molecular complexity index is 805. The molecule has 0 aliphatic carbocycles. The van der Waals surface area contributed by atoms with Gasteiger partial charge >= 0.3 is 0 Å². The summed E-state index contributed by atoms with van der Waals surface area (Å²) in [5.74, 6) is 0.805. The van der Waals surface area contributed by atoms with E-state index in [1.54, 1.807) is 10.7 Å². The van der Waals surface area contributed by atoms with Crippen molar-refractivity contribution in [2.75, 3.05) is 18.5 Å². The number of aliphatic hydroxyl groups is 1. The summed E-state index contributed by atoms with van der Waals surface area (Å²) in [5.41, 5.74) is 2.35. The fourth-order valence-electron chi connectivity index (χ4n) is 2.16. The second-order valence-electron chi connectivity index (χ2n) is 4.74. The number of hydrogen-bond donors (Lipinski definition) is 2. The number of hydrogen-bond acceptors (Lipinski definition) is 4. The summed E-state index contributed by atoms with van der Waals surface area (Å²) >= 11 is 9.74. The maximum Gasteiger partial charge on any atom is 0.172 e. The second-order valence-corrected chi connectivity index (χ2v) is 6.00. The van der Waals surface area contributed by atoms with E-state index in [1.807, 2.05) is 30.3 Å². The monoisotopic (exact) mass is 380 g/mol. The normalized spacial score (nSPS) is 11.0. The molecule has 0 aliphatic heterocycles. The summed E-state index contributed by atoms with van der Waals surface area (Å²) in [6, 6.07) is 9.50. The SMILES string of the molecule is OCCCNc1cc(-c2ccccc2Cl)nc2c(Br)cnn12. The number of aliphatic hydroxyl groups excluding tert-OH is 1. The molecule has 3 rings (SSSR count). The zero-order chi connectivity index (χ0) is 15.5. The van der Waals surface area contributed by atoms with Crippen LogP contribution in [0.3, 0.4) is 0 Å². The first-order valence-corrected chi connectivity index (χ1v) is 8.01. The molecule has 2 aromatic heterocycles. The van der Waals surface area contributed by atoms with Gasteiger partial charge in [0.1, 0.15) is 5.82 Å². The first-order chi connectivity index (χ1) is 10.7. The first-order valence-electron chi connectivity index (χ1n) is 6.84. The fourth-order valence-corrected chi connectivity index (χ4v) is 2.75. The van der Waals surface area contributed by atoms with E-state index < -0.39 is 0 Å². The Balaban J connectivity index is 2.11. The fraction of sp³-hybridized carbons (Fsp3) is 0.200. The highest BCUT2D eigenvalue weighted by Gasteiger charge is 2.12. The molecule has 0 unspecified atom stereocenters. The summed E-state index contributed by atoms with van der Waals surface area (Å²) in [7, 11) is 0. The Kier molecular flexibility index (Phi) is 4.61. The molecule has 0 radical (unpaired) electrons. The molecule has 22 heavy (non-hydrogen) atoms. The average molecular weight is 382 g/mol. The van der Waals surface area contributed by atoms with Crippen LogP contribution in [0.2, 0.25) is 5.02 Å². The summed E-state index contributed by atoms with van der Waals surface area (Å²) in [4.78, 5) is 4.63. The number of anilines is 1. The minimum Gasteiger partial charge on any atom is -0.396 e. The molecule has 2 N–H and O–H groups in total.